The highest BCUT2D eigenvalue weighted by Gasteiger charge is 2.25. The van der Waals surface area contributed by atoms with E-state index in [0.717, 1.165) is 0 Å². The Bertz CT molecular complexity index is 304. The fourth-order valence-electron chi connectivity index (χ4n) is 0.873. The largest absolute Gasteiger partial charge is 0.508 e. The minimum absolute atomic E-state index is 0.117. The first kappa shape index (κ1) is 5.29. The van der Waals surface area contributed by atoms with Crippen LogP contribution in [0.25, 0.3) is 0 Å². The van der Waals surface area contributed by atoms with Crippen LogP contribution in [-0.2, 0) is 0 Å². The first-order valence-electron chi connectivity index (χ1n) is 2.82. The molecule has 0 fully saturated rings. The van der Waals surface area contributed by atoms with Gasteiger partial charge in [-0.15, -0.1) is 0 Å². The summed E-state index contributed by atoms with van der Waals surface area (Å²) in [6.45, 7) is 0. The van der Waals surface area contributed by atoms with Crippen molar-refractivity contribution < 1.29 is 14.6 Å². The number of carbonyl (C=O) groups is 1. The first-order chi connectivity index (χ1) is 4.77. The standard InChI is InChI=1S/C7H4O3/c8-4-1-2-5-6(3-4)10-7(5)9/h1-3,8H. The Labute approximate surface area is 56.9 Å². The van der Waals surface area contributed by atoms with Crippen LogP contribution in [-0.4, -0.2) is 11.1 Å². The lowest BCUT2D eigenvalue weighted by Crippen LogP contribution is -2.20. The number of rotatable bonds is 0. The molecule has 0 bridgehead atoms. The molecule has 0 spiro atoms. The number of phenolic OH excluding ortho intramolecular Hbond substituents is 1. The highest BCUT2D eigenvalue weighted by Crippen LogP contribution is 2.31. The molecule has 0 saturated carbocycles. The van der Waals surface area contributed by atoms with Crippen molar-refractivity contribution >= 4 is 5.97 Å². The van der Waals surface area contributed by atoms with E-state index in [0.29, 0.717) is 11.3 Å². The van der Waals surface area contributed by atoms with Crippen LogP contribution in [0.15, 0.2) is 18.2 Å². The normalized spacial score (nSPS) is 13.4. The molecule has 0 aromatic heterocycles. The SMILES string of the molecule is O=C1Oc2cc(O)ccc21. The molecule has 3 nitrogen and oxygen atoms in total. The van der Waals surface area contributed by atoms with Crippen LogP contribution in [0.1, 0.15) is 10.4 Å². The summed E-state index contributed by atoms with van der Waals surface area (Å²) in [4.78, 5) is 10.5. The van der Waals surface area contributed by atoms with Crippen molar-refractivity contribution in [2.45, 2.75) is 0 Å². The summed E-state index contributed by atoms with van der Waals surface area (Å²) in [6, 6.07) is 4.41. The summed E-state index contributed by atoms with van der Waals surface area (Å²) in [5, 5.41) is 8.87. The smallest absolute Gasteiger partial charge is 0.347 e. The molecule has 0 amide bonds. The zero-order valence-corrected chi connectivity index (χ0v) is 5.00. The number of aromatic hydroxyl groups is 1. The fourth-order valence-corrected chi connectivity index (χ4v) is 0.873. The third-order valence-electron chi connectivity index (χ3n) is 1.39. The number of carbonyl (C=O) groups excluding carboxylic acids is 1. The molecule has 1 N–H and O–H groups in total. The molecule has 2 rings (SSSR count). The monoisotopic (exact) mass is 136 g/mol. The molecule has 3 heteroatoms. The van der Waals surface area contributed by atoms with Crippen LogP contribution in [0.5, 0.6) is 11.5 Å². The average Bonchev–Trinajstić information content (AvgIpc) is 1.86. The molecule has 0 saturated heterocycles. The minimum atomic E-state index is -0.324. The molecule has 0 unspecified atom stereocenters. The predicted molar refractivity (Wildman–Crippen MR) is 33.1 cm³/mol. The maximum atomic E-state index is 10.5. The second kappa shape index (κ2) is 1.50. The van der Waals surface area contributed by atoms with Gasteiger partial charge in [-0.1, -0.05) is 0 Å². The molecule has 0 radical (unpaired) electrons. The van der Waals surface area contributed by atoms with E-state index < -0.39 is 0 Å². The molecule has 1 aliphatic heterocycles. The quantitative estimate of drug-likeness (QED) is 0.539. The van der Waals surface area contributed by atoms with Crippen LogP contribution >= 0.6 is 0 Å². The van der Waals surface area contributed by atoms with Crippen molar-refractivity contribution in [2.75, 3.05) is 0 Å². The second-order valence-electron chi connectivity index (χ2n) is 2.07. The van der Waals surface area contributed by atoms with Gasteiger partial charge in [0.1, 0.15) is 17.1 Å². The van der Waals surface area contributed by atoms with Gasteiger partial charge < -0.3 is 9.84 Å². The third-order valence-corrected chi connectivity index (χ3v) is 1.39. The van der Waals surface area contributed by atoms with Gasteiger partial charge in [-0.25, -0.2) is 4.79 Å². The maximum Gasteiger partial charge on any atom is 0.347 e. The summed E-state index contributed by atoms with van der Waals surface area (Å²) in [7, 11) is 0. The first-order valence-corrected chi connectivity index (χ1v) is 2.82. The number of ether oxygens (including phenoxy) is 1. The van der Waals surface area contributed by atoms with Crippen molar-refractivity contribution in [1.29, 1.82) is 0 Å². The number of benzene rings is 1. The van der Waals surface area contributed by atoms with Gasteiger partial charge in [-0.05, 0) is 12.1 Å². The Morgan fingerprint density at radius 1 is 1.40 bits per heavy atom. The highest BCUT2D eigenvalue weighted by atomic mass is 16.6. The summed E-state index contributed by atoms with van der Waals surface area (Å²) < 4.78 is 4.57. The van der Waals surface area contributed by atoms with E-state index in [1.165, 1.54) is 18.2 Å². The Balaban J connectivity index is 2.59. The zero-order valence-electron chi connectivity index (χ0n) is 5.00. The van der Waals surface area contributed by atoms with E-state index in [1.54, 1.807) is 0 Å². The van der Waals surface area contributed by atoms with Crippen molar-refractivity contribution in [1.82, 2.24) is 0 Å². The Kier molecular flexibility index (Phi) is 0.795. The van der Waals surface area contributed by atoms with Crippen LogP contribution < -0.4 is 4.74 Å². The third kappa shape index (κ3) is 0.515. The molecule has 50 valence electrons. The highest BCUT2D eigenvalue weighted by molar-refractivity contribution is 6.01. The predicted octanol–water partition coefficient (Wildman–Crippen LogP) is 0.925. The van der Waals surface area contributed by atoms with E-state index in [4.69, 9.17) is 5.11 Å². The Morgan fingerprint density at radius 2 is 2.20 bits per heavy atom. The summed E-state index contributed by atoms with van der Waals surface area (Å²) in [5.74, 6) is 0.256. The number of hydrogen-bond acceptors (Lipinski definition) is 3. The van der Waals surface area contributed by atoms with Crippen molar-refractivity contribution in [2.24, 2.45) is 0 Å². The maximum absolute atomic E-state index is 10.5. The number of esters is 1. The lowest BCUT2D eigenvalue weighted by Gasteiger charge is -2.16. The molecular formula is C7H4O3. The van der Waals surface area contributed by atoms with Gasteiger partial charge in [-0.2, -0.15) is 0 Å². The number of fused-ring (bicyclic) bond motifs is 1. The van der Waals surface area contributed by atoms with Crippen molar-refractivity contribution in [3.8, 4) is 11.5 Å². The fraction of sp³-hybridized carbons (Fsp3) is 0. The van der Waals surface area contributed by atoms with Crippen LogP contribution in [0, 0.1) is 0 Å². The Hall–Kier alpha value is -1.51. The second-order valence-corrected chi connectivity index (χ2v) is 2.07. The molecule has 0 atom stereocenters. The molecule has 1 aromatic carbocycles. The average molecular weight is 136 g/mol. The van der Waals surface area contributed by atoms with Crippen LogP contribution in [0.2, 0.25) is 0 Å². The summed E-state index contributed by atoms with van der Waals surface area (Å²) >= 11 is 0. The van der Waals surface area contributed by atoms with Gasteiger partial charge in [0.25, 0.3) is 0 Å². The van der Waals surface area contributed by atoms with Gasteiger partial charge in [0.05, 0.1) is 0 Å². The van der Waals surface area contributed by atoms with Gasteiger partial charge in [-0.3, -0.25) is 0 Å². The lowest BCUT2D eigenvalue weighted by atomic mass is 10.1. The number of phenols is 1. The van der Waals surface area contributed by atoms with Crippen LogP contribution in [0.4, 0.5) is 0 Å². The minimum Gasteiger partial charge on any atom is -0.508 e. The summed E-state index contributed by atoms with van der Waals surface area (Å²) in [6.07, 6.45) is 0. The molecule has 10 heavy (non-hydrogen) atoms. The van der Waals surface area contributed by atoms with Crippen molar-refractivity contribution in [3.63, 3.8) is 0 Å². The van der Waals surface area contributed by atoms with Gasteiger partial charge in [0, 0.05) is 6.07 Å². The molecule has 1 aromatic rings. The molecule has 0 aliphatic carbocycles. The lowest BCUT2D eigenvalue weighted by molar-refractivity contribution is 0.0658. The van der Waals surface area contributed by atoms with E-state index in [2.05, 4.69) is 4.74 Å². The van der Waals surface area contributed by atoms with Gasteiger partial charge >= 0.3 is 5.97 Å². The number of hydrogen-bond donors (Lipinski definition) is 1. The topological polar surface area (TPSA) is 46.5 Å². The zero-order chi connectivity index (χ0) is 7.14. The van der Waals surface area contributed by atoms with Gasteiger partial charge in [0.2, 0.25) is 0 Å². The molecule has 1 aliphatic rings. The van der Waals surface area contributed by atoms with Crippen LogP contribution in [0.3, 0.4) is 0 Å². The van der Waals surface area contributed by atoms with E-state index in [9.17, 15) is 4.79 Å². The molecule has 1 heterocycles. The Morgan fingerprint density at radius 3 is 2.80 bits per heavy atom. The van der Waals surface area contributed by atoms with E-state index in [1.807, 2.05) is 0 Å². The van der Waals surface area contributed by atoms with E-state index >= 15 is 0 Å². The summed E-state index contributed by atoms with van der Waals surface area (Å²) in [5.41, 5.74) is 0.540. The van der Waals surface area contributed by atoms with E-state index in [-0.39, 0.29) is 11.7 Å². The van der Waals surface area contributed by atoms with Gasteiger partial charge in [0.15, 0.2) is 0 Å². The molecular weight excluding hydrogens is 132 g/mol. The van der Waals surface area contributed by atoms with Crippen molar-refractivity contribution in [3.05, 3.63) is 23.8 Å².